The van der Waals surface area contributed by atoms with Crippen LogP contribution in [0.2, 0.25) is 0 Å². The van der Waals surface area contributed by atoms with E-state index < -0.39 is 11.9 Å². The number of ether oxygens (including phenoxy) is 2. The third-order valence-electron chi connectivity index (χ3n) is 6.17. The molecule has 0 aliphatic carbocycles. The summed E-state index contributed by atoms with van der Waals surface area (Å²) in [5, 5.41) is 2.85. The maximum Gasteiger partial charge on any atom is 0.317 e. The fourth-order valence-corrected chi connectivity index (χ4v) is 5.48. The smallest absolute Gasteiger partial charge is 0.317 e. The molecule has 184 valence electrons. The van der Waals surface area contributed by atoms with Crippen molar-refractivity contribution in [3.8, 4) is 16.2 Å². The fourth-order valence-electron chi connectivity index (χ4n) is 4.38. The molecule has 10 heteroatoms. The molecule has 1 aromatic heterocycles. The van der Waals surface area contributed by atoms with E-state index in [1.54, 1.807) is 6.07 Å². The molecule has 4 rings (SSSR count). The van der Waals surface area contributed by atoms with Gasteiger partial charge in [0.05, 0.1) is 18.8 Å². The van der Waals surface area contributed by atoms with Crippen LogP contribution in [0.3, 0.4) is 0 Å². The first-order valence-electron chi connectivity index (χ1n) is 11.8. The number of rotatable bonds is 9. The van der Waals surface area contributed by atoms with Gasteiger partial charge in [-0.1, -0.05) is 12.5 Å². The Morgan fingerprint density at radius 3 is 2.50 bits per heavy atom. The fraction of sp³-hybridized carbons (Fsp3) is 0.500. The first-order chi connectivity index (χ1) is 16.5. The standard InChI is InChI=1S/C24H33N5O4S/c25-22(30)19-15-21(34-23(19)27-24(26)31)18-5-4-17(16-29-8-11-32-12-9-29)14-20(18)33-13-10-28-6-2-1-3-7-28/h4-5,14-15H,1-3,6-13,16H2,(H2,25,30)(H3,26,27,31). The zero-order valence-corrected chi connectivity index (χ0v) is 20.2. The van der Waals surface area contributed by atoms with Gasteiger partial charge in [-0.25, -0.2) is 4.79 Å². The highest BCUT2D eigenvalue weighted by Crippen LogP contribution is 2.40. The van der Waals surface area contributed by atoms with Crippen molar-refractivity contribution in [3.63, 3.8) is 0 Å². The van der Waals surface area contributed by atoms with Crippen LogP contribution in [0.1, 0.15) is 35.2 Å². The van der Waals surface area contributed by atoms with Crippen LogP contribution in [-0.2, 0) is 11.3 Å². The number of morpholine rings is 1. The lowest BCUT2D eigenvalue weighted by Gasteiger charge is -2.27. The zero-order valence-electron chi connectivity index (χ0n) is 19.4. The van der Waals surface area contributed by atoms with E-state index in [1.807, 2.05) is 6.07 Å². The maximum atomic E-state index is 11.9. The SMILES string of the molecule is NC(=O)Nc1sc(-c2ccc(CN3CCOCC3)cc2OCCN2CCCCC2)cc1C(N)=O. The van der Waals surface area contributed by atoms with Gasteiger partial charge in [0, 0.05) is 36.6 Å². The number of amides is 3. The average Bonchev–Trinajstić information content (AvgIpc) is 3.24. The second-order valence-corrected chi connectivity index (χ2v) is 9.73. The van der Waals surface area contributed by atoms with E-state index in [-0.39, 0.29) is 5.56 Å². The molecule has 9 nitrogen and oxygen atoms in total. The van der Waals surface area contributed by atoms with Crippen molar-refractivity contribution < 1.29 is 19.1 Å². The van der Waals surface area contributed by atoms with E-state index in [4.69, 9.17) is 20.9 Å². The minimum absolute atomic E-state index is 0.232. The van der Waals surface area contributed by atoms with Crippen molar-refractivity contribution in [2.45, 2.75) is 25.8 Å². The van der Waals surface area contributed by atoms with Gasteiger partial charge in [-0.15, -0.1) is 11.3 Å². The van der Waals surface area contributed by atoms with Crippen LogP contribution >= 0.6 is 11.3 Å². The molecule has 1 aromatic carbocycles. The van der Waals surface area contributed by atoms with Gasteiger partial charge in [0.25, 0.3) is 5.91 Å². The third-order valence-corrected chi connectivity index (χ3v) is 7.25. The first kappa shape index (κ1) is 24.5. The van der Waals surface area contributed by atoms with E-state index in [9.17, 15) is 9.59 Å². The molecular weight excluding hydrogens is 454 g/mol. The molecule has 5 N–H and O–H groups in total. The van der Waals surface area contributed by atoms with Crippen LogP contribution < -0.4 is 21.5 Å². The van der Waals surface area contributed by atoms with Crippen LogP contribution in [0.4, 0.5) is 9.80 Å². The van der Waals surface area contributed by atoms with E-state index in [1.165, 1.54) is 30.6 Å². The van der Waals surface area contributed by atoms with Gasteiger partial charge in [0.2, 0.25) is 0 Å². The Hall–Kier alpha value is -2.66. The lowest BCUT2D eigenvalue weighted by molar-refractivity contribution is 0.0341. The highest BCUT2D eigenvalue weighted by molar-refractivity contribution is 7.20. The first-order valence-corrected chi connectivity index (χ1v) is 12.6. The Bertz CT molecular complexity index is 999. The third kappa shape index (κ3) is 6.47. The Kier molecular flexibility index (Phi) is 8.39. The molecule has 0 atom stereocenters. The second-order valence-electron chi connectivity index (χ2n) is 8.68. The molecule has 0 unspecified atom stereocenters. The van der Waals surface area contributed by atoms with Crippen LogP contribution in [0, 0.1) is 0 Å². The number of anilines is 1. The molecule has 2 aliphatic heterocycles. The summed E-state index contributed by atoms with van der Waals surface area (Å²) in [6.07, 6.45) is 3.77. The lowest BCUT2D eigenvalue weighted by Crippen LogP contribution is -2.35. The number of carbonyl (C=O) groups is 2. The summed E-state index contributed by atoms with van der Waals surface area (Å²) < 4.78 is 11.8. The van der Waals surface area contributed by atoms with Gasteiger partial charge in [-0.05, 0) is 49.7 Å². The largest absolute Gasteiger partial charge is 0.492 e. The number of primary amides is 2. The lowest BCUT2D eigenvalue weighted by atomic mass is 10.1. The molecule has 0 saturated carbocycles. The summed E-state index contributed by atoms with van der Waals surface area (Å²) in [5.41, 5.74) is 13.1. The Morgan fingerprint density at radius 2 is 1.79 bits per heavy atom. The van der Waals surface area contributed by atoms with E-state index >= 15 is 0 Å². The number of piperidine rings is 1. The molecule has 2 aliphatic rings. The van der Waals surface area contributed by atoms with Crippen molar-refractivity contribution in [1.82, 2.24) is 9.80 Å². The Morgan fingerprint density at radius 1 is 1.03 bits per heavy atom. The van der Waals surface area contributed by atoms with Crippen molar-refractivity contribution in [1.29, 1.82) is 0 Å². The summed E-state index contributed by atoms with van der Waals surface area (Å²) in [4.78, 5) is 28.9. The van der Waals surface area contributed by atoms with E-state index in [0.29, 0.717) is 11.6 Å². The monoisotopic (exact) mass is 487 g/mol. The Labute approximate surface area is 204 Å². The molecule has 0 radical (unpaired) electrons. The molecule has 3 amide bonds. The topological polar surface area (TPSA) is 123 Å². The maximum absolute atomic E-state index is 11.9. The summed E-state index contributed by atoms with van der Waals surface area (Å²) >= 11 is 1.26. The zero-order chi connectivity index (χ0) is 23.9. The minimum Gasteiger partial charge on any atom is -0.492 e. The highest BCUT2D eigenvalue weighted by Gasteiger charge is 2.20. The summed E-state index contributed by atoms with van der Waals surface area (Å²) in [5.74, 6) is 0.133. The number of benzene rings is 1. The predicted molar refractivity (Wildman–Crippen MR) is 133 cm³/mol. The molecule has 2 aromatic rings. The predicted octanol–water partition coefficient (Wildman–Crippen LogP) is 2.70. The van der Waals surface area contributed by atoms with Crippen molar-refractivity contribution in [3.05, 3.63) is 35.4 Å². The second kappa shape index (κ2) is 11.7. The molecular formula is C24H33N5O4S. The Balaban J connectivity index is 1.57. The molecule has 0 spiro atoms. The quantitative estimate of drug-likeness (QED) is 0.500. The van der Waals surface area contributed by atoms with Gasteiger partial charge in [-0.2, -0.15) is 0 Å². The molecule has 2 fully saturated rings. The summed E-state index contributed by atoms with van der Waals surface area (Å²) in [6.45, 7) is 7.80. The van der Waals surface area contributed by atoms with Gasteiger partial charge in [-0.3, -0.25) is 19.9 Å². The van der Waals surface area contributed by atoms with Crippen LogP contribution in [-0.4, -0.2) is 74.3 Å². The molecule has 0 bridgehead atoms. The summed E-state index contributed by atoms with van der Waals surface area (Å²) in [6, 6.07) is 7.11. The number of urea groups is 1. The van der Waals surface area contributed by atoms with Crippen LogP contribution in [0.5, 0.6) is 5.75 Å². The molecule has 3 heterocycles. The van der Waals surface area contributed by atoms with Crippen LogP contribution in [0.25, 0.3) is 10.4 Å². The van der Waals surface area contributed by atoms with Gasteiger partial charge in [0.1, 0.15) is 17.4 Å². The van der Waals surface area contributed by atoms with Crippen LogP contribution in [0.15, 0.2) is 24.3 Å². The normalized spacial score (nSPS) is 17.4. The van der Waals surface area contributed by atoms with Crippen molar-refractivity contribution in [2.75, 3.05) is 57.9 Å². The van der Waals surface area contributed by atoms with Crippen molar-refractivity contribution in [2.24, 2.45) is 11.5 Å². The van der Waals surface area contributed by atoms with E-state index in [0.717, 1.165) is 74.2 Å². The number of carbonyl (C=O) groups excluding carboxylic acids is 2. The van der Waals surface area contributed by atoms with Gasteiger partial charge < -0.3 is 20.9 Å². The average molecular weight is 488 g/mol. The number of likely N-dealkylation sites (tertiary alicyclic amines) is 1. The molecule has 34 heavy (non-hydrogen) atoms. The van der Waals surface area contributed by atoms with Gasteiger partial charge >= 0.3 is 6.03 Å². The van der Waals surface area contributed by atoms with E-state index in [2.05, 4.69) is 27.2 Å². The number of thiophene rings is 1. The number of nitrogens with one attached hydrogen (secondary N) is 1. The number of hydrogen-bond donors (Lipinski definition) is 3. The number of hydrogen-bond acceptors (Lipinski definition) is 7. The highest BCUT2D eigenvalue weighted by atomic mass is 32.1. The number of nitrogens with zero attached hydrogens (tertiary/aromatic N) is 2. The van der Waals surface area contributed by atoms with Gasteiger partial charge in [0.15, 0.2) is 0 Å². The molecule has 2 saturated heterocycles. The minimum atomic E-state index is -0.741. The summed E-state index contributed by atoms with van der Waals surface area (Å²) in [7, 11) is 0. The van der Waals surface area contributed by atoms with Crippen molar-refractivity contribution >= 4 is 28.3 Å². The number of nitrogens with two attached hydrogens (primary N) is 2.